The second kappa shape index (κ2) is 9.02. The minimum Gasteiger partial charge on any atom is -0.496 e. The van der Waals surface area contributed by atoms with Crippen molar-refractivity contribution in [3.63, 3.8) is 0 Å². The van der Waals surface area contributed by atoms with Crippen molar-refractivity contribution >= 4 is 33.6 Å². The highest BCUT2D eigenvalue weighted by Crippen LogP contribution is 2.34. The average Bonchev–Trinajstić information content (AvgIpc) is 3.47. The first-order valence-electron chi connectivity index (χ1n) is 11.8. The van der Waals surface area contributed by atoms with E-state index in [-0.39, 0.29) is 23.9 Å². The maximum atomic E-state index is 13.6. The van der Waals surface area contributed by atoms with E-state index in [0.717, 1.165) is 27.5 Å². The molecule has 1 fully saturated rings. The largest absolute Gasteiger partial charge is 0.496 e. The molecule has 4 aromatic rings. The van der Waals surface area contributed by atoms with Crippen LogP contribution in [0.3, 0.4) is 0 Å². The van der Waals surface area contributed by atoms with Gasteiger partial charge >= 0.3 is 0 Å². The first kappa shape index (κ1) is 22.8. The van der Waals surface area contributed by atoms with E-state index in [1.165, 1.54) is 0 Å². The molecule has 182 valence electrons. The predicted molar refractivity (Wildman–Crippen MR) is 135 cm³/mol. The number of piperazine rings is 1. The minimum absolute atomic E-state index is 0.0578. The van der Waals surface area contributed by atoms with E-state index in [9.17, 15) is 9.59 Å². The lowest BCUT2D eigenvalue weighted by Gasteiger charge is -2.44. The Morgan fingerprint density at radius 2 is 1.63 bits per heavy atom. The van der Waals surface area contributed by atoms with Crippen molar-refractivity contribution in [3.8, 4) is 11.5 Å². The molecule has 0 unspecified atom stereocenters. The summed E-state index contributed by atoms with van der Waals surface area (Å²) in [4.78, 5) is 36.9. The number of aromatic nitrogens is 2. The quantitative estimate of drug-likeness (QED) is 0.458. The molecule has 3 heterocycles. The number of methoxy groups -OCH3 is 2. The number of carbonyl (C=O) groups is 2. The number of hydrogen-bond acceptors (Lipinski definition) is 4. The number of carbonyl (C=O) groups excluding carboxylic acids is 2. The van der Waals surface area contributed by atoms with E-state index in [1.54, 1.807) is 14.2 Å². The third kappa shape index (κ3) is 4.09. The van der Waals surface area contributed by atoms with Gasteiger partial charge in [0.15, 0.2) is 0 Å². The Morgan fingerprint density at radius 3 is 2.31 bits per heavy atom. The molecule has 0 bridgehead atoms. The lowest BCUT2D eigenvalue weighted by Crippen LogP contribution is -2.60. The average molecular weight is 475 g/mol. The fourth-order valence-corrected chi connectivity index (χ4v) is 5.20. The Balaban J connectivity index is 1.33. The van der Waals surface area contributed by atoms with Crippen LogP contribution in [0.4, 0.5) is 0 Å². The third-order valence-electron chi connectivity index (χ3n) is 6.82. The number of fused-ring (bicyclic) bond motifs is 2. The number of amides is 2. The molecule has 1 aliphatic heterocycles. The number of nitrogens with zero attached hydrogens (tertiary/aromatic N) is 2. The lowest BCUT2D eigenvalue weighted by molar-refractivity contribution is -0.134. The van der Waals surface area contributed by atoms with Crippen LogP contribution in [-0.4, -0.2) is 71.0 Å². The minimum atomic E-state index is -0.131. The molecule has 8 nitrogen and oxygen atoms in total. The molecular weight excluding hydrogens is 444 g/mol. The summed E-state index contributed by atoms with van der Waals surface area (Å²) >= 11 is 0. The molecule has 0 aliphatic carbocycles. The van der Waals surface area contributed by atoms with E-state index in [0.29, 0.717) is 36.7 Å². The highest BCUT2D eigenvalue weighted by Gasteiger charge is 2.36. The summed E-state index contributed by atoms with van der Waals surface area (Å²) in [7, 11) is 3.20. The van der Waals surface area contributed by atoms with Crippen LogP contribution in [0.2, 0.25) is 0 Å². The van der Waals surface area contributed by atoms with Gasteiger partial charge in [-0.2, -0.15) is 0 Å². The Morgan fingerprint density at radius 1 is 0.943 bits per heavy atom. The molecule has 2 aromatic heterocycles. The van der Waals surface area contributed by atoms with Gasteiger partial charge in [0.2, 0.25) is 5.91 Å². The number of nitrogens with one attached hydrogen (secondary N) is 2. The zero-order valence-corrected chi connectivity index (χ0v) is 20.4. The van der Waals surface area contributed by atoms with Crippen LogP contribution in [0.5, 0.6) is 11.5 Å². The fraction of sp³-hybridized carbons (Fsp3) is 0.333. The molecule has 2 atom stereocenters. The fourth-order valence-electron chi connectivity index (χ4n) is 5.20. The summed E-state index contributed by atoms with van der Waals surface area (Å²) in [6.07, 6.45) is 0.309. The van der Waals surface area contributed by atoms with Crippen LogP contribution < -0.4 is 9.47 Å². The third-order valence-corrected chi connectivity index (χ3v) is 6.82. The summed E-state index contributed by atoms with van der Waals surface area (Å²) in [6, 6.07) is 15.2. The number of H-pyrrole nitrogens is 2. The molecule has 0 radical (unpaired) electrons. The second-order valence-corrected chi connectivity index (χ2v) is 9.21. The summed E-state index contributed by atoms with van der Waals surface area (Å²) in [6.45, 7) is 4.95. The van der Waals surface area contributed by atoms with E-state index >= 15 is 0 Å². The summed E-state index contributed by atoms with van der Waals surface area (Å²) in [5.41, 5.74) is 3.12. The number of para-hydroxylation sites is 1. The van der Waals surface area contributed by atoms with Gasteiger partial charge in [0, 0.05) is 41.8 Å². The van der Waals surface area contributed by atoms with Gasteiger partial charge in [0.25, 0.3) is 5.91 Å². The van der Waals surface area contributed by atoms with Crippen LogP contribution >= 0.6 is 0 Å². The maximum absolute atomic E-state index is 13.6. The Kier molecular flexibility index (Phi) is 5.88. The van der Waals surface area contributed by atoms with Crippen LogP contribution in [0.1, 0.15) is 30.0 Å². The van der Waals surface area contributed by atoms with Gasteiger partial charge in [0.1, 0.15) is 17.2 Å². The number of rotatable bonds is 5. The smallest absolute Gasteiger partial charge is 0.270 e. The lowest BCUT2D eigenvalue weighted by atomic mass is 10.1. The molecule has 1 saturated heterocycles. The van der Waals surface area contributed by atoms with Crippen molar-refractivity contribution < 1.29 is 19.1 Å². The van der Waals surface area contributed by atoms with Crippen LogP contribution in [0.15, 0.2) is 48.5 Å². The van der Waals surface area contributed by atoms with E-state index in [1.807, 2.05) is 72.2 Å². The molecule has 1 aliphatic rings. The van der Waals surface area contributed by atoms with Gasteiger partial charge in [-0.15, -0.1) is 0 Å². The van der Waals surface area contributed by atoms with Crippen molar-refractivity contribution in [1.82, 2.24) is 19.8 Å². The molecule has 2 N–H and O–H groups in total. The van der Waals surface area contributed by atoms with Crippen LogP contribution in [0.25, 0.3) is 21.8 Å². The molecule has 8 heteroatoms. The Labute approximate surface area is 203 Å². The number of aromatic amines is 2. The highest BCUT2D eigenvalue weighted by atomic mass is 16.5. The predicted octanol–water partition coefficient (Wildman–Crippen LogP) is 3.97. The second-order valence-electron chi connectivity index (χ2n) is 9.21. The van der Waals surface area contributed by atoms with Crippen molar-refractivity contribution in [2.75, 3.05) is 27.3 Å². The molecule has 2 aromatic carbocycles. The highest BCUT2D eigenvalue weighted by molar-refractivity contribution is 6.01. The summed E-state index contributed by atoms with van der Waals surface area (Å²) in [5, 5.41) is 1.89. The normalized spacial score (nSPS) is 18.3. The van der Waals surface area contributed by atoms with E-state index in [4.69, 9.17) is 9.47 Å². The van der Waals surface area contributed by atoms with Gasteiger partial charge in [-0.25, -0.2) is 0 Å². The number of benzene rings is 2. The topological polar surface area (TPSA) is 90.7 Å². The number of hydrogen-bond donors (Lipinski definition) is 2. The van der Waals surface area contributed by atoms with Crippen LogP contribution in [-0.2, 0) is 11.2 Å². The van der Waals surface area contributed by atoms with Crippen molar-refractivity contribution in [2.24, 2.45) is 0 Å². The zero-order valence-electron chi connectivity index (χ0n) is 20.4. The maximum Gasteiger partial charge on any atom is 0.270 e. The standard InChI is InChI=1S/C27H30N4O4/c1-16-14-30(25(32)12-19-11-18-7-5-6-8-21(18)28-19)15-17(2)31(16)27(33)22-13-20-23(34-3)9-10-24(35-4)26(20)29-22/h5-11,13,16-17,28-29H,12,14-15H2,1-4H3/t16-,17-/m1/s1. The molecule has 0 saturated carbocycles. The van der Waals surface area contributed by atoms with Gasteiger partial charge < -0.3 is 29.2 Å². The van der Waals surface area contributed by atoms with E-state index < -0.39 is 0 Å². The van der Waals surface area contributed by atoms with Gasteiger partial charge in [0.05, 0.1) is 26.2 Å². The van der Waals surface area contributed by atoms with Crippen molar-refractivity contribution in [1.29, 1.82) is 0 Å². The molecular formula is C27H30N4O4. The van der Waals surface area contributed by atoms with Crippen LogP contribution in [0, 0.1) is 0 Å². The number of ether oxygens (including phenoxy) is 2. The molecule has 5 rings (SSSR count). The van der Waals surface area contributed by atoms with Crippen molar-refractivity contribution in [2.45, 2.75) is 32.4 Å². The molecule has 2 amide bonds. The van der Waals surface area contributed by atoms with E-state index in [2.05, 4.69) is 9.97 Å². The first-order chi connectivity index (χ1) is 16.9. The van der Waals surface area contributed by atoms with Crippen molar-refractivity contribution in [3.05, 3.63) is 59.9 Å². The van der Waals surface area contributed by atoms with Gasteiger partial charge in [-0.1, -0.05) is 18.2 Å². The SMILES string of the molecule is COc1ccc(OC)c2[nH]c(C(=O)N3[C@H](C)CN(C(=O)Cc4cc5ccccc5[nH]4)C[C@H]3C)cc12. The first-order valence-corrected chi connectivity index (χ1v) is 11.8. The molecule has 35 heavy (non-hydrogen) atoms. The molecule has 0 spiro atoms. The summed E-state index contributed by atoms with van der Waals surface area (Å²) in [5.74, 6) is 1.27. The summed E-state index contributed by atoms with van der Waals surface area (Å²) < 4.78 is 10.9. The Bertz CT molecular complexity index is 1320. The Hall–Kier alpha value is -3.94. The van der Waals surface area contributed by atoms with Gasteiger partial charge in [-0.3, -0.25) is 9.59 Å². The monoisotopic (exact) mass is 474 g/mol. The zero-order chi connectivity index (χ0) is 24.7. The van der Waals surface area contributed by atoms with Gasteiger partial charge in [-0.05, 0) is 49.6 Å².